The number of urea groups is 1. The van der Waals surface area contributed by atoms with Crippen LogP contribution in [0.5, 0.6) is 11.5 Å². The first-order valence-electron chi connectivity index (χ1n) is 10.0. The molecule has 1 fully saturated rings. The van der Waals surface area contributed by atoms with Crippen LogP contribution in [-0.2, 0) is 13.0 Å². The Morgan fingerprint density at radius 2 is 1.90 bits per heavy atom. The molecule has 1 N–H and O–H groups in total. The number of anilines is 1. The standard InChI is InChI=1S/C20H26ClN5O3/c1-28-16-12-17(29-2)14(11-13(16)21)22-20(27)25-9-5-3-7-15(25)19-24-23-18-8-4-6-10-26(18)19/h11-12,15H,3-10H2,1-2H3,(H,22,27)/t15-/m0/s1. The van der Waals surface area contributed by atoms with Crippen LogP contribution in [0.3, 0.4) is 0 Å². The van der Waals surface area contributed by atoms with Gasteiger partial charge < -0.3 is 24.3 Å². The normalized spacial score (nSPS) is 18.9. The number of fused-ring (bicyclic) bond motifs is 1. The number of methoxy groups -OCH3 is 2. The maximum absolute atomic E-state index is 13.2. The fourth-order valence-electron chi connectivity index (χ4n) is 4.17. The van der Waals surface area contributed by atoms with Gasteiger partial charge in [0, 0.05) is 25.6 Å². The van der Waals surface area contributed by atoms with Gasteiger partial charge in [-0.2, -0.15) is 0 Å². The van der Waals surface area contributed by atoms with Crippen LogP contribution in [0.2, 0.25) is 5.02 Å². The molecule has 1 atom stereocenters. The van der Waals surface area contributed by atoms with Crippen molar-refractivity contribution in [3.8, 4) is 11.5 Å². The van der Waals surface area contributed by atoms with Crippen LogP contribution in [-0.4, -0.2) is 46.5 Å². The molecule has 0 saturated carbocycles. The van der Waals surface area contributed by atoms with E-state index in [-0.39, 0.29) is 12.1 Å². The third-order valence-corrected chi connectivity index (χ3v) is 5.96. The number of rotatable bonds is 4. The van der Waals surface area contributed by atoms with Gasteiger partial charge in [-0.15, -0.1) is 10.2 Å². The van der Waals surface area contributed by atoms with Gasteiger partial charge in [0.25, 0.3) is 0 Å². The number of benzene rings is 1. The monoisotopic (exact) mass is 419 g/mol. The molecule has 4 rings (SSSR count). The number of hydrogen-bond acceptors (Lipinski definition) is 5. The van der Waals surface area contributed by atoms with Crippen molar-refractivity contribution in [2.24, 2.45) is 0 Å². The molecule has 9 heteroatoms. The van der Waals surface area contributed by atoms with Gasteiger partial charge in [-0.05, 0) is 38.2 Å². The van der Waals surface area contributed by atoms with Crippen molar-refractivity contribution in [3.63, 3.8) is 0 Å². The zero-order valence-corrected chi connectivity index (χ0v) is 17.5. The van der Waals surface area contributed by atoms with Crippen LogP contribution in [0.1, 0.15) is 49.8 Å². The summed E-state index contributed by atoms with van der Waals surface area (Å²) in [7, 11) is 3.08. The Labute approximate surface area is 175 Å². The van der Waals surface area contributed by atoms with Gasteiger partial charge >= 0.3 is 6.03 Å². The van der Waals surface area contributed by atoms with E-state index in [0.29, 0.717) is 28.8 Å². The van der Waals surface area contributed by atoms with Crippen LogP contribution >= 0.6 is 11.6 Å². The van der Waals surface area contributed by atoms with E-state index in [4.69, 9.17) is 21.1 Å². The zero-order valence-electron chi connectivity index (χ0n) is 16.8. The Morgan fingerprint density at radius 1 is 1.10 bits per heavy atom. The summed E-state index contributed by atoms with van der Waals surface area (Å²) >= 11 is 6.25. The Kier molecular flexibility index (Phi) is 5.80. The van der Waals surface area contributed by atoms with Crippen molar-refractivity contribution in [1.29, 1.82) is 0 Å². The Bertz CT molecular complexity index is 900. The average Bonchev–Trinajstić information content (AvgIpc) is 3.18. The fourth-order valence-corrected chi connectivity index (χ4v) is 4.41. The van der Waals surface area contributed by atoms with Crippen LogP contribution in [0, 0.1) is 0 Å². The number of carbonyl (C=O) groups is 1. The molecule has 0 spiro atoms. The lowest BCUT2D eigenvalue weighted by molar-refractivity contribution is 0.156. The van der Waals surface area contributed by atoms with Gasteiger partial charge in [0.05, 0.1) is 31.0 Å². The predicted octanol–water partition coefficient (Wildman–Crippen LogP) is 4.04. The number of nitrogens with zero attached hydrogens (tertiary/aromatic N) is 4. The van der Waals surface area contributed by atoms with Crippen LogP contribution in [0.15, 0.2) is 12.1 Å². The van der Waals surface area contributed by atoms with E-state index in [0.717, 1.165) is 56.7 Å². The number of halogens is 1. The molecule has 2 aliphatic rings. The third-order valence-electron chi connectivity index (χ3n) is 5.67. The Balaban J connectivity index is 1.59. The van der Waals surface area contributed by atoms with Crippen molar-refractivity contribution in [2.75, 3.05) is 26.1 Å². The number of piperidine rings is 1. The minimum absolute atomic E-state index is 0.0807. The van der Waals surface area contributed by atoms with Crippen molar-refractivity contribution in [3.05, 3.63) is 28.8 Å². The summed E-state index contributed by atoms with van der Waals surface area (Å²) < 4.78 is 12.8. The molecular weight excluding hydrogens is 394 g/mol. The first kappa shape index (κ1) is 19.8. The van der Waals surface area contributed by atoms with Gasteiger partial charge in [-0.1, -0.05) is 11.6 Å². The third kappa shape index (κ3) is 3.85. The molecule has 0 unspecified atom stereocenters. The molecular formula is C20H26ClN5O3. The Hall–Kier alpha value is -2.48. The fraction of sp³-hybridized carbons (Fsp3) is 0.550. The Morgan fingerprint density at radius 3 is 2.69 bits per heavy atom. The molecule has 2 aliphatic heterocycles. The maximum Gasteiger partial charge on any atom is 0.322 e. The van der Waals surface area contributed by atoms with Gasteiger partial charge in [-0.3, -0.25) is 0 Å². The quantitative estimate of drug-likeness (QED) is 0.808. The molecule has 3 heterocycles. The molecule has 1 saturated heterocycles. The molecule has 0 bridgehead atoms. The van der Waals surface area contributed by atoms with E-state index in [1.54, 1.807) is 19.2 Å². The van der Waals surface area contributed by atoms with E-state index >= 15 is 0 Å². The number of aryl methyl sites for hydroxylation is 1. The van der Waals surface area contributed by atoms with Crippen molar-refractivity contribution >= 4 is 23.3 Å². The summed E-state index contributed by atoms with van der Waals surface area (Å²) in [5, 5.41) is 12.2. The summed E-state index contributed by atoms with van der Waals surface area (Å²) in [6.45, 7) is 1.59. The van der Waals surface area contributed by atoms with Crippen LogP contribution < -0.4 is 14.8 Å². The van der Waals surface area contributed by atoms with Gasteiger partial charge in [0.1, 0.15) is 17.3 Å². The van der Waals surface area contributed by atoms with E-state index in [9.17, 15) is 4.79 Å². The lowest BCUT2D eigenvalue weighted by Gasteiger charge is -2.35. The maximum atomic E-state index is 13.2. The second kappa shape index (κ2) is 8.49. The summed E-state index contributed by atoms with van der Waals surface area (Å²) in [6, 6.07) is 3.04. The topological polar surface area (TPSA) is 81.5 Å². The first-order valence-corrected chi connectivity index (χ1v) is 10.4. The predicted molar refractivity (Wildman–Crippen MR) is 110 cm³/mol. The molecule has 8 nitrogen and oxygen atoms in total. The van der Waals surface area contributed by atoms with Gasteiger partial charge in [0.15, 0.2) is 5.82 Å². The van der Waals surface area contributed by atoms with E-state index < -0.39 is 0 Å². The summed E-state index contributed by atoms with van der Waals surface area (Å²) in [5.74, 6) is 2.91. The number of aromatic nitrogens is 3. The lowest BCUT2D eigenvalue weighted by Crippen LogP contribution is -2.42. The van der Waals surface area contributed by atoms with Gasteiger partial charge in [0.2, 0.25) is 0 Å². The smallest absolute Gasteiger partial charge is 0.322 e. The second-order valence-electron chi connectivity index (χ2n) is 7.41. The molecule has 1 aromatic heterocycles. The zero-order chi connectivity index (χ0) is 20.4. The van der Waals surface area contributed by atoms with Crippen molar-refractivity contribution in [1.82, 2.24) is 19.7 Å². The highest BCUT2D eigenvalue weighted by molar-refractivity contribution is 6.32. The van der Waals surface area contributed by atoms with E-state index in [2.05, 4.69) is 20.1 Å². The number of carbonyl (C=O) groups excluding carboxylic acids is 1. The first-order chi connectivity index (χ1) is 14.1. The second-order valence-corrected chi connectivity index (χ2v) is 7.81. The van der Waals surface area contributed by atoms with E-state index in [1.807, 2.05) is 4.90 Å². The SMILES string of the molecule is COc1cc(OC)c(NC(=O)N2CCCC[C@H]2c2nnc3n2CCCC3)cc1Cl. The summed E-state index contributed by atoms with van der Waals surface area (Å²) in [5.41, 5.74) is 0.510. The highest BCUT2D eigenvalue weighted by Gasteiger charge is 2.33. The summed E-state index contributed by atoms with van der Waals surface area (Å²) in [4.78, 5) is 15.1. The molecule has 2 aromatic rings. The minimum Gasteiger partial charge on any atom is -0.495 e. The van der Waals surface area contributed by atoms with Gasteiger partial charge in [-0.25, -0.2) is 4.79 Å². The number of amides is 2. The largest absolute Gasteiger partial charge is 0.495 e. The number of hydrogen-bond donors (Lipinski definition) is 1. The highest BCUT2D eigenvalue weighted by Crippen LogP contribution is 2.37. The average molecular weight is 420 g/mol. The summed E-state index contributed by atoms with van der Waals surface area (Å²) in [6.07, 6.45) is 6.13. The minimum atomic E-state index is -0.192. The van der Waals surface area contributed by atoms with E-state index in [1.165, 1.54) is 7.11 Å². The molecule has 2 amide bonds. The van der Waals surface area contributed by atoms with Crippen molar-refractivity contribution < 1.29 is 14.3 Å². The number of ether oxygens (including phenoxy) is 2. The number of nitrogens with one attached hydrogen (secondary N) is 1. The molecule has 0 radical (unpaired) electrons. The lowest BCUT2D eigenvalue weighted by atomic mass is 10.0. The number of likely N-dealkylation sites (tertiary alicyclic amines) is 1. The van der Waals surface area contributed by atoms with Crippen LogP contribution in [0.25, 0.3) is 0 Å². The van der Waals surface area contributed by atoms with Crippen LogP contribution in [0.4, 0.5) is 10.5 Å². The molecule has 156 valence electrons. The molecule has 0 aliphatic carbocycles. The molecule has 29 heavy (non-hydrogen) atoms. The molecule has 1 aromatic carbocycles. The van der Waals surface area contributed by atoms with Crippen molar-refractivity contribution in [2.45, 2.75) is 51.1 Å². The highest BCUT2D eigenvalue weighted by atomic mass is 35.5.